The Labute approximate surface area is 131 Å². The topological polar surface area (TPSA) is 42.0 Å². The molecule has 0 saturated heterocycles. The van der Waals surface area contributed by atoms with Crippen molar-refractivity contribution in [3.63, 3.8) is 0 Å². The first-order valence-electron chi connectivity index (χ1n) is 6.72. The maximum atomic E-state index is 13.7. The highest BCUT2D eigenvalue weighted by molar-refractivity contribution is 7.13. The number of carbonyl (C=O) groups excluding carboxylic acids is 1. The van der Waals surface area contributed by atoms with Gasteiger partial charge >= 0.3 is 0 Å². The molecule has 0 aliphatic carbocycles. The highest BCUT2D eigenvalue weighted by Gasteiger charge is 2.13. The number of hydrogen-bond acceptors (Lipinski definition) is 3. The lowest BCUT2D eigenvalue weighted by Gasteiger charge is -2.05. The van der Waals surface area contributed by atoms with Crippen molar-refractivity contribution in [2.45, 2.75) is 6.92 Å². The number of carbonyl (C=O) groups is 1. The van der Waals surface area contributed by atoms with E-state index in [4.69, 9.17) is 0 Å². The molecule has 0 bridgehead atoms. The molecule has 110 valence electrons. The molecule has 0 saturated carbocycles. The van der Waals surface area contributed by atoms with E-state index < -0.39 is 11.7 Å². The lowest BCUT2D eigenvalue weighted by atomic mass is 10.2. The number of rotatable bonds is 3. The lowest BCUT2D eigenvalue weighted by molar-refractivity contribution is 0.102. The summed E-state index contributed by atoms with van der Waals surface area (Å²) in [5.74, 6) is -0.875. The minimum atomic E-state index is -0.461. The molecule has 1 aromatic heterocycles. The van der Waals surface area contributed by atoms with E-state index in [9.17, 15) is 9.18 Å². The number of thiazole rings is 1. The first kappa shape index (κ1) is 14.4. The van der Waals surface area contributed by atoms with E-state index >= 15 is 0 Å². The van der Waals surface area contributed by atoms with Gasteiger partial charge in [0.2, 0.25) is 0 Å². The Balaban J connectivity index is 1.81. The average Bonchev–Trinajstić information content (AvgIpc) is 3.02. The third-order valence-electron chi connectivity index (χ3n) is 3.13. The van der Waals surface area contributed by atoms with Crippen molar-refractivity contribution in [3.8, 4) is 10.6 Å². The highest BCUT2D eigenvalue weighted by Crippen LogP contribution is 2.24. The van der Waals surface area contributed by atoms with Crippen LogP contribution in [-0.4, -0.2) is 10.9 Å². The summed E-state index contributed by atoms with van der Waals surface area (Å²) in [6.07, 6.45) is 0. The van der Waals surface area contributed by atoms with E-state index in [1.165, 1.54) is 17.4 Å². The van der Waals surface area contributed by atoms with Crippen LogP contribution < -0.4 is 5.32 Å². The molecule has 0 aliphatic rings. The van der Waals surface area contributed by atoms with Crippen molar-refractivity contribution in [1.82, 2.24) is 4.98 Å². The normalized spacial score (nSPS) is 10.5. The SMILES string of the molecule is Cc1ccc(F)c(NC(=O)c2csc(-c3ccccc3)n2)c1. The fourth-order valence-corrected chi connectivity index (χ4v) is 2.82. The van der Waals surface area contributed by atoms with Gasteiger partial charge in [0.25, 0.3) is 5.91 Å². The van der Waals surface area contributed by atoms with E-state index in [1.807, 2.05) is 37.3 Å². The number of amides is 1. The van der Waals surface area contributed by atoms with Crippen LogP contribution in [0.5, 0.6) is 0 Å². The van der Waals surface area contributed by atoms with Gasteiger partial charge in [-0.3, -0.25) is 4.79 Å². The van der Waals surface area contributed by atoms with Gasteiger partial charge in [0.1, 0.15) is 16.5 Å². The van der Waals surface area contributed by atoms with Crippen LogP contribution in [0.4, 0.5) is 10.1 Å². The Morgan fingerprint density at radius 2 is 1.95 bits per heavy atom. The Bertz CT molecular complexity index is 815. The molecular weight excluding hydrogens is 299 g/mol. The summed E-state index contributed by atoms with van der Waals surface area (Å²) in [4.78, 5) is 16.5. The second kappa shape index (κ2) is 6.07. The lowest BCUT2D eigenvalue weighted by Crippen LogP contribution is -2.13. The number of anilines is 1. The molecule has 5 heteroatoms. The first-order valence-corrected chi connectivity index (χ1v) is 7.60. The molecule has 0 radical (unpaired) electrons. The molecule has 22 heavy (non-hydrogen) atoms. The van der Waals surface area contributed by atoms with Gasteiger partial charge in [-0.1, -0.05) is 36.4 Å². The Kier molecular flexibility index (Phi) is 3.98. The van der Waals surface area contributed by atoms with Crippen molar-refractivity contribution in [2.75, 3.05) is 5.32 Å². The molecule has 0 fully saturated rings. The number of nitrogens with zero attached hydrogens (tertiary/aromatic N) is 1. The van der Waals surface area contributed by atoms with Crippen LogP contribution in [0.3, 0.4) is 0 Å². The zero-order valence-electron chi connectivity index (χ0n) is 11.8. The molecule has 3 rings (SSSR count). The predicted octanol–water partition coefficient (Wildman–Crippen LogP) is 4.51. The predicted molar refractivity (Wildman–Crippen MR) is 86.6 cm³/mol. The molecule has 1 N–H and O–H groups in total. The largest absolute Gasteiger partial charge is 0.318 e. The van der Waals surface area contributed by atoms with E-state index in [1.54, 1.807) is 17.5 Å². The third kappa shape index (κ3) is 3.04. The molecule has 2 aromatic carbocycles. The van der Waals surface area contributed by atoms with Crippen LogP contribution >= 0.6 is 11.3 Å². The molecule has 0 spiro atoms. The van der Waals surface area contributed by atoms with Crippen molar-refractivity contribution in [3.05, 3.63) is 71.0 Å². The van der Waals surface area contributed by atoms with E-state index in [0.717, 1.165) is 16.1 Å². The van der Waals surface area contributed by atoms with Gasteiger partial charge in [-0.2, -0.15) is 0 Å². The summed E-state index contributed by atoms with van der Waals surface area (Å²) in [7, 11) is 0. The summed E-state index contributed by atoms with van der Waals surface area (Å²) in [5, 5.41) is 4.99. The van der Waals surface area contributed by atoms with Gasteiger partial charge in [-0.25, -0.2) is 9.37 Å². The first-order chi connectivity index (χ1) is 10.6. The van der Waals surface area contributed by atoms with Gasteiger partial charge in [-0.15, -0.1) is 11.3 Å². The molecule has 3 aromatic rings. The Morgan fingerprint density at radius 3 is 2.73 bits per heavy atom. The Hall–Kier alpha value is -2.53. The summed E-state index contributed by atoms with van der Waals surface area (Å²) in [6, 6.07) is 14.2. The summed E-state index contributed by atoms with van der Waals surface area (Å²) < 4.78 is 13.7. The number of nitrogens with one attached hydrogen (secondary N) is 1. The molecule has 1 heterocycles. The number of hydrogen-bond donors (Lipinski definition) is 1. The van der Waals surface area contributed by atoms with Crippen LogP contribution in [-0.2, 0) is 0 Å². The number of benzene rings is 2. The fourth-order valence-electron chi connectivity index (χ4n) is 2.01. The van der Waals surface area contributed by atoms with Crippen molar-refractivity contribution in [2.24, 2.45) is 0 Å². The molecule has 0 unspecified atom stereocenters. The van der Waals surface area contributed by atoms with Gasteiger partial charge in [0.15, 0.2) is 0 Å². The average molecular weight is 312 g/mol. The zero-order chi connectivity index (χ0) is 15.5. The molecule has 0 aliphatic heterocycles. The van der Waals surface area contributed by atoms with Gasteiger partial charge in [0, 0.05) is 10.9 Å². The Morgan fingerprint density at radius 1 is 1.18 bits per heavy atom. The van der Waals surface area contributed by atoms with Crippen molar-refractivity contribution >= 4 is 22.9 Å². The maximum absolute atomic E-state index is 13.7. The van der Waals surface area contributed by atoms with Crippen LogP contribution in [0.25, 0.3) is 10.6 Å². The standard InChI is InChI=1S/C17H13FN2OS/c1-11-7-8-13(18)14(9-11)19-16(21)15-10-22-17(20-15)12-5-3-2-4-6-12/h2-10H,1H3,(H,19,21). The second-order valence-corrected chi connectivity index (χ2v) is 5.70. The van der Waals surface area contributed by atoms with Gasteiger partial charge in [0.05, 0.1) is 5.69 Å². The van der Waals surface area contributed by atoms with Crippen LogP contribution in [0.2, 0.25) is 0 Å². The van der Waals surface area contributed by atoms with E-state index in [0.29, 0.717) is 0 Å². The smallest absolute Gasteiger partial charge is 0.275 e. The molecule has 1 amide bonds. The van der Waals surface area contributed by atoms with Crippen molar-refractivity contribution < 1.29 is 9.18 Å². The number of aryl methyl sites for hydroxylation is 1. The molecule has 0 atom stereocenters. The van der Waals surface area contributed by atoms with Crippen molar-refractivity contribution in [1.29, 1.82) is 0 Å². The van der Waals surface area contributed by atoms with E-state index in [-0.39, 0.29) is 11.4 Å². The van der Waals surface area contributed by atoms with E-state index in [2.05, 4.69) is 10.3 Å². The van der Waals surface area contributed by atoms with Crippen LogP contribution in [0, 0.1) is 12.7 Å². The minimum absolute atomic E-state index is 0.166. The second-order valence-electron chi connectivity index (χ2n) is 4.84. The highest BCUT2D eigenvalue weighted by atomic mass is 32.1. The summed E-state index contributed by atoms with van der Waals surface area (Å²) in [6.45, 7) is 1.84. The summed E-state index contributed by atoms with van der Waals surface area (Å²) >= 11 is 1.38. The zero-order valence-corrected chi connectivity index (χ0v) is 12.7. The quantitative estimate of drug-likeness (QED) is 0.773. The molecular formula is C17H13FN2OS. The molecule has 3 nitrogen and oxygen atoms in total. The number of halogens is 1. The monoisotopic (exact) mass is 312 g/mol. The summed E-state index contributed by atoms with van der Waals surface area (Å²) in [5.41, 5.74) is 2.28. The maximum Gasteiger partial charge on any atom is 0.275 e. The minimum Gasteiger partial charge on any atom is -0.318 e. The van der Waals surface area contributed by atoms with Gasteiger partial charge < -0.3 is 5.32 Å². The van der Waals surface area contributed by atoms with Gasteiger partial charge in [-0.05, 0) is 24.6 Å². The van der Waals surface area contributed by atoms with Crippen LogP contribution in [0.15, 0.2) is 53.9 Å². The third-order valence-corrected chi connectivity index (χ3v) is 4.02. The fraction of sp³-hybridized carbons (Fsp3) is 0.0588. The van der Waals surface area contributed by atoms with Crippen LogP contribution in [0.1, 0.15) is 16.1 Å². The number of aromatic nitrogens is 1.